The van der Waals surface area contributed by atoms with Gasteiger partial charge in [0.15, 0.2) is 0 Å². The molecule has 0 saturated carbocycles. The van der Waals surface area contributed by atoms with Crippen molar-refractivity contribution in [3.8, 4) is 0 Å². The number of hydrogen-bond acceptors (Lipinski definition) is 3. The summed E-state index contributed by atoms with van der Waals surface area (Å²) in [4.78, 5) is 6.90. The van der Waals surface area contributed by atoms with Gasteiger partial charge in [-0.1, -0.05) is 22.0 Å². The second kappa shape index (κ2) is 5.60. The third-order valence-electron chi connectivity index (χ3n) is 3.94. The Balaban J connectivity index is 1.92. The summed E-state index contributed by atoms with van der Waals surface area (Å²) in [5.74, 6) is 1.73. The second-order valence-electron chi connectivity index (χ2n) is 5.37. The van der Waals surface area contributed by atoms with E-state index in [2.05, 4.69) is 44.0 Å². The summed E-state index contributed by atoms with van der Waals surface area (Å²) in [6, 6.07) is 6.43. The van der Waals surface area contributed by atoms with Gasteiger partial charge >= 0.3 is 0 Å². The van der Waals surface area contributed by atoms with Crippen molar-refractivity contribution in [2.75, 3.05) is 11.4 Å². The van der Waals surface area contributed by atoms with Crippen LogP contribution < -0.4 is 4.90 Å². The molecule has 20 heavy (non-hydrogen) atoms. The fraction of sp³-hybridized carbons (Fsp3) is 0.438. The standard InChI is InChI=1S/C16H19BrN2O/c1-11-12(2)20-16(18-11)10-19-9-4-3-6-13-14(17)7-5-8-15(13)19/h5,7-8H,3-4,6,9-10H2,1-2H3. The summed E-state index contributed by atoms with van der Waals surface area (Å²) in [5.41, 5.74) is 3.71. The third-order valence-corrected chi connectivity index (χ3v) is 4.68. The van der Waals surface area contributed by atoms with E-state index in [1.54, 1.807) is 0 Å². The van der Waals surface area contributed by atoms with Crippen LogP contribution in [0.1, 0.15) is 35.7 Å². The number of aromatic nitrogens is 1. The number of aryl methyl sites for hydroxylation is 2. The van der Waals surface area contributed by atoms with Crippen LogP contribution in [0.25, 0.3) is 0 Å². The van der Waals surface area contributed by atoms with Crippen molar-refractivity contribution >= 4 is 21.6 Å². The highest BCUT2D eigenvalue weighted by Crippen LogP contribution is 2.32. The molecule has 0 saturated heterocycles. The first-order chi connectivity index (χ1) is 9.65. The maximum absolute atomic E-state index is 5.74. The molecule has 0 N–H and O–H groups in total. The van der Waals surface area contributed by atoms with Gasteiger partial charge in [0.2, 0.25) is 5.89 Å². The number of oxazole rings is 1. The Morgan fingerprint density at radius 2 is 2.15 bits per heavy atom. The fourth-order valence-corrected chi connectivity index (χ4v) is 3.30. The zero-order valence-corrected chi connectivity index (χ0v) is 13.5. The highest BCUT2D eigenvalue weighted by Gasteiger charge is 2.19. The van der Waals surface area contributed by atoms with Crippen molar-refractivity contribution in [1.29, 1.82) is 0 Å². The van der Waals surface area contributed by atoms with E-state index in [9.17, 15) is 0 Å². The molecular weight excluding hydrogens is 316 g/mol. The first-order valence-corrected chi connectivity index (χ1v) is 7.89. The van der Waals surface area contributed by atoms with Crippen LogP contribution in [0, 0.1) is 13.8 Å². The molecule has 3 nitrogen and oxygen atoms in total. The molecule has 0 aliphatic carbocycles. The molecule has 0 atom stereocenters. The summed E-state index contributed by atoms with van der Waals surface area (Å²) >= 11 is 3.68. The molecule has 0 spiro atoms. The van der Waals surface area contributed by atoms with Crippen LogP contribution in [-0.4, -0.2) is 11.5 Å². The lowest BCUT2D eigenvalue weighted by Gasteiger charge is -2.23. The number of fused-ring (bicyclic) bond motifs is 1. The number of benzene rings is 1. The lowest BCUT2D eigenvalue weighted by Crippen LogP contribution is -2.23. The van der Waals surface area contributed by atoms with Crippen molar-refractivity contribution in [3.05, 3.63) is 45.6 Å². The topological polar surface area (TPSA) is 29.3 Å². The Morgan fingerprint density at radius 3 is 2.90 bits per heavy atom. The number of rotatable bonds is 2. The number of nitrogens with zero attached hydrogens (tertiary/aromatic N) is 2. The van der Waals surface area contributed by atoms with Crippen molar-refractivity contribution in [2.24, 2.45) is 0 Å². The van der Waals surface area contributed by atoms with Crippen LogP contribution in [0.3, 0.4) is 0 Å². The molecule has 1 aromatic heterocycles. The fourth-order valence-electron chi connectivity index (χ4n) is 2.75. The third kappa shape index (κ3) is 2.62. The zero-order valence-electron chi connectivity index (χ0n) is 11.9. The van der Waals surface area contributed by atoms with Gasteiger partial charge in [0, 0.05) is 16.7 Å². The summed E-state index contributed by atoms with van der Waals surface area (Å²) < 4.78 is 6.95. The molecule has 0 fully saturated rings. The first-order valence-electron chi connectivity index (χ1n) is 7.10. The van der Waals surface area contributed by atoms with Crippen LogP contribution in [-0.2, 0) is 13.0 Å². The molecule has 1 aliphatic rings. The minimum Gasteiger partial charge on any atom is -0.444 e. The van der Waals surface area contributed by atoms with Crippen molar-refractivity contribution in [3.63, 3.8) is 0 Å². The molecule has 2 heterocycles. The lowest BCUT2D eigenvalue weighted by atomic mass is 10.1. The van der Waals surface area contributed by atoms with Gasteiger partial charge < -0.3 is 9.32 Å². The van der Waals surface area contributed by atoms with E-state index in [-0.39, 0.29) is 0 Å². The molecular formula is C16H19BrN2O. The molecule has 0 amide bonds. The van der Waals surface area contributed by atoms with E-state index in [1.807, 2.05) is 13.8 Å². The van der Waals surface area contributed by atoms with E-state index in [0.717, 1.165) is 36.9 Å². The minimum absolute atomic E-state index is 0.748. The van der Waals surface area contributed by atoms with Crippen LogP contribution >= 0.6 is 15.9 Å². The van der Waals surface area contributed by atoms with Crippen molar-refractivity contribution in [1.82, 2.24) is 4.98 Å². The SMILES string of the molecule is Cc1nc(CN2CCCCc3c(Br)cccc32)oc1C. The van der Waals surface area contributed by atoms with Crippen LogP contribution in [0.5, 0.6) is 0 Å². The Morgan fingerprint density at radius 1 is 1.30 bits per heavy atom. The van der Waals surface area contributed by atoms with Crippen LogP contribution in [0.4, 0.5) is 5.69 Å². The quantitative estimate of drug-likeness (QED) is 0.815. The Hall–Kier alpha value is -1.29. The van der Waals surface area contributed by atoms with Gasteiger partial charge in [0.1, 0.15) is 5.76 Å². The monoisotopic (exact) mass is 334 g/mol. The predicted octanol–water partition coefficient (Wildman–Crippen LogP) is 4.40. The molecule has 0 radical (unpaired) electrons. The van der Waals surface area contributed by atoms with Gasteiger partial charge in [0.25, 0.3) is 0 Å². The Kier molecular flexibility index (Phi) is 3.83. The number of hydrogen-bond donors (Lipinski definition) is 0. The zero-order chi connectivity index (χ0) is 14.1. The first kappa shape index (κ1) is 13.7. The Bertz CT molecular complexity index is 601. The predicted molar refractivity (Wildman–Crippen MR) is 84.1 cm³/mol. The molecule has 0 unspecified atom stereocenters. The Labute approximate surface area is 128 Å². The highest BCUT2D eigenvalue weighted by atomic mass is 79.9. The normalized spacial score (nSPS) is 15.1. The minimum atomic E-state index is 0.748. The smallest absolute Gasteiger partial charge is 0.214 e. The number of halogens is 1. The van der Waals surface area contributed by atoms with Gasteiger partial charge in [-0.25, -0.2) is 4.98 Å². The van der Waals surface area contributed by atoms with E-state index < -0.39 is 0 Å². The van der Waals surface area contributed by atoms with Crippen molar-refractivity contribution < 1.29 is 4.42 Å². The largest absolute Gasteiger partial charge is 0.444 e. The summed E-state index contributed by atoms with van der Waals surface area (Å²) in [6.07, 6.45) is 3.58. The second-order valence-corrected chi connectivity index (χ2v) is 6.22. The maximum atomic E-state index is 5.74. The average molecular weight is 335 g/mol. The molecule has 1 aliphatic heterocycles. The molecule has 106 valence electrons. The van der Waals surface area contributed by atoms with Gasteiger partial charge in [-0.05, 0) is 50.8 Å². The van der Waals surface area contributed by atoms with E-state index in [1.165, 1.54) is 28.6 Å². The van der Waals surface area contributed by atoms with Gasteiger partial charge in [-0.3, -0.25) is 0 Å². The van der Waals surface area contributed by atoms with Gasteiger partial charge in [-0.2, -0.15) is 0 Å². The van der Waals surface area contributed by atoms with E-state index in [4.69, 9.17) is 4.42 Å². The summed E-state index contributed by atoms with van der Waals surface area (Å²) in [7, 11) is 0. The lowest BCUT2D eigenvalue weighted by molar-refractivity contribution is 0.464. The molecule has 1 aromatic carbocycles. The summed E-state index contributed by atoms with van der Waals surface area (Å²) in [6.45, 7) is 5.77. The van der Waals surface area contributed by atoms with E-state index in [0.29, 0.717) is 0 Å². The molecule has 4 heteroatoms. The number of anilines is 1. The maximum Gasteiger partial charge on any atom is 0.214 e. The van der Waals surface area contributed by atoms with Crippen LogP contribution in [0.15, 0.2) is 27.1 Å². The molecule has 2 aromatic rings. The summed E-state index contributed by atoms with van der Waals surface area (Å²) in [5, 5.41) is 0. The van der Waals surface area contributed by atoms with Gasteiger partial charge in [0.05, 0.1) is 12.2 Å². The molecule has 3 rings (SSSR count). The van der Waals surface area contributed by atoms with Gasteiger partial charge in [-0.15, -0.1) is 0 Å². The van der Waals surface area contributed by atoms with Crippen molar-refractivity contribution in [2.45, 2.75) is 39.7 Å². The average Bonchev–Trinajstić information content (AvgIpc) is 2.62. The highest BCUT2D eigenvalue weighted by molar-refractivity contribution is 9.10. The van der Waals surface area contributed by atoms with E-state index >= 15 is 0 Å². The molecule has 0 bridgehead atoms. The van der Waals surface area contributed by atoms with Crippen LogP contribution in [0.2, 0.25) is 0 Å².